The summed E-state index contributed by atoms with van der Waals surface area (Å²) < 4.78 is 25.7. The van der Waals surface area contributed by atoms with Crippen LogP contribution in [0.25, 0.3) is 10.9 Å². The van der Waals surface area contributed by atoms with Crippen molar-refractivity contribution in [3.8, 4) is 0 Å². The predicted molar refractivity (Wildman–Crippen MR) is 120 cm³/mol. The first-order chi connectivity index (χ1) is 14.0. The number of aryl methyl sites for hydroxylation is 1. The van der Waals surface area contributed by atoms with Gasteiger partial charge in [-0.15, -0.1) is 11.8 Å². The molecule has 4 aromatic rings. The van der Waals surface area contributed by atoms with Gasteiger partial charge in [0.05, 0.1) is 21.2 Å². The molecular weight excluding hydrogens is 398 g/mol. The van der Waals surface area contributed by atoms with Gasteiger partial charge in [-0.2, -0.15) is 0 Å². The van der Waals surface area contributed by atoms with Crippen molar-refractivity contribution in [3.63, 3.8) is 0 Å². The molecule has 0 spiro atoms. The highest BCUT2D eigenvalue weighted by molar-refractivity contribution is 7.98. The van der Waals surface area contributed by atoms with Gasteiger partial charge in [-0.1, -0.05) is 60.7 Å². The van der Waals surface area contributed by atoms with Gasteiger partial charge in [0.25, 0.3) is 0 Å². The van der Waals surface area contributed by atoms with Gasteiger partial charge in [0.15, 0.2) is 9.84 Å². The zero-order chi connectivity index (χ0) is 20.3. The van der Waals surface area contributed by atoms with E-state index in [0.717, 1.165) is 32.8 Å². The van der Waals surface area contributed by atoms with Crippen molar-refractivity contribution in [1.82, 2.24) is 4.98 Å². The maximum Gasteiger partial charge on any atom is 0.182 e. The molecule has 0 aliphatic rings. The lowest BCUT2D eigenvalue weighted by molar-refractivity contribution is 0.595. The minimum Gasteiger partial charge on any atom is -0.241 e. The summed E-state index contributed by atoms with van der Waals surface area (Å²) in [7, 11) is -3.41. The van der Waals surface area contributed by atoms with Gasteiger partial charge in [-0.05, 0) is 47.9 Å². The molecule has 0 bridgehead atoms. The molecule has 1 heterocycles. The SMILES string of the molecule is Cc1cc(SCc2ccccc2)nc2ccc(S(=O)(=O)Cc3ccccc3)cc12. The number of aromatic nitrogens is 1. The Morgan fingerprint density at radius 1 is 0.828 bits per heavy atom. The van der Waals surface area contributed by atoms with Gasteiger partial charge in [-0.3, -0.25) is 0 Å². The summed E-state index contributed by atoms with van der Waals surface area (Å²) >= 11 is 1.68. The standard InChI is InChI=1S/C24H21NO2S2/c1-18-14-24(28-16-19-8-4-2-5-9-19)25-23-13-12-21(15-22(18)23)29(26,27)17-20-10-6-3-7-11-20/h2-15H,16-17H2,1H3. The molecule has 0 N–H and O–H groups in total. The Bertz CT molecular complexity index is 1240. The molecule has 0 aliphatic heterocycles. The normalized spacial score (nSPS) is 11.6. The van der Waals surface area contributed by atoms with E-state index in [0.29, 0.717) is 4.90 Å². The fourth-order valence-electron chi connectivity index (χ4n) is 3.22. The third-order valence-electron chi connectivity index (χ3n) is 4.75. The van der Waals surface area contributed by atoms with E-state index in [1.165, 1.54) is 5.56 Å². The van der Waals surface area contributed by atoms with Gasteiger partial charge in [0, 0.05) is 11.1 Å². The summed E-state index contributed by atoms with van der Waals surface area (Å²) in [5, 5.41) is 1.82. The van der Waals surface area contributed by atoms with Crippen molar-refractivity contribution in [2.45, 2.75) is 28.4 Å². The molecule has 0 radical (unpaired) electrons. The number of thioether (sulfide) groups is 1. The fraction of sp³-hybridized carbons (Fsp3) is 0.125. The average molecular weight is 420 g/mol. The largest absolute Gasteiger partial charge is 0.241 e. The number of rotatable bonds is 6. The van der Waals surface area contributed by atoms with Crippen LogP contribution >= 0.6 is 11.8 Å². The molecule has 0 aliphatic carbocycles. The number of hydrogen-bond donors (Lipinski definition) is 0. The second-order valence-electron chi connectivity index (χ2n) is 6.98. The highest BCUT2D eigenvalue weighted by atomic mass is 32.2. The topological polar surface area (TPSA) is 47.0 Å². The van der Waals surface area contributed by atoms with Crippen LogP contribution in [0.3, 0.4) is 0 Å². The number of fused-ring (bicyclic) bond motifs is 1. The second-order valence-corrected chi connectivity index (χ2v) is 9.96. The highest BCUT2D eigenvalue weighted by Gasteiger charge is 2.17. The molecule has 5 heteroatoms. The van der Waals surface area contributed by atoms with Crippen molar-refractivity contribution < 1.29 is 8.42 Å². The maximum absolute atomic E-state index is 12.9. The van der Waals surface area contributed by atoms with Gasteiger partial charge in [-0.25, -0.2) is 13.4 Å². The lowest BCUT2D eigenvalue weighted by atomic mass is 10.1. The van der Waals surface area contributed by atoms with Crippen LogP contribution in [0, 0.1) is 6.92 Å². The number of hydrogen-bond acceptors (Lipinski definition) is 4. The van der Waals surface area contributed by atoms with Crippen LogP contribution in [0.4, 0.5) is 0 Å². The molecule has 29 heavy (non-hydrogen) atoms. The van der Waals surface area contributed by atoms with Crippen LogP contribution in [0.5, 0.6) is 0 Å². The zero-order valence-electron chi connectivity index (χ0n) is 16.1. The van der Waals surface area contributed by atoms with E-state index in [9.17, 15) is 8.42 Å². The molecule has 3 nitrogen and oxygen atoms in total. The second kappa shape index (κ2) is 8.39. The fourth-order valence-corrected chi connectivity index (χ4v) is 5.52. The Morgan fingerprint density at radius 2 is 1.48 bits per heavy atom. The van der Waals surface area contributed by atoms with Crippen LogP contribution < -0.4 is 0 Å². The summed E-state index contributed by atoms with van der Waals surface area (Å²) in [6.45, 7) is 2.00. The summed E-state index contributed by atoms with van der Waals surface area (Å²) in [5.41, 5.74) is 3.89. The monoisotopic (exact) mass is 419 g/mol. The summed E-state index contributed by atoms with van der Waals surface area (Å²) in [6.07, 6.45) is 0. The van der Waals surface area contributed by atoms with Gasteiger partial charge < -0.3 is 0 Å². The molecular formula is C24H21NO2S2. The Labute approximate surface area is 175 Å². The van der Waals surface area contributed by atoms with Crippen molar-refractivity contribution >= 4 is 32.5 Å². The Morgan fingerprint density at radius 3 is 2.17 bits per heavy atom. The van der Waals surface area contributed by atoms with E-state index in [1.54, 1.807) is 23.9 Å². The maximum atomic E-state index is 12.9. The van der Waals surface area contributed by atoms with Crippen LogP contribution in [-0.2, 0) is 21.3 Å². The van der Waals surface area contributed by atoms with Crippen molar-refractivity contribution in [2.75, 3.05) is 0 Å². The van der Waals surface area contributed by atoms with Gasteiger partial charge in [0.2, 0.25) is 0 Å². The van der Waals surface area contributed by atoms with Crippen molar-refractivity contribution in [1.29, 1.82) is 0 Å². The van der Waals surface area contributed by atoms with Crippen molar-refractivity contribution in [2.24, 2.45) is 0 Å². The first-order valence-electron chi connectivity index (χ1n) is 9.36. The van der Waals surface area contributed by atoms with Crippen LogP contribution in [-0.4, -0.2) is 13.4 Å². The highest BCUT2D eigenvalue weighted by Crippen LogP contribution is 2.28. The molecule has 3 aromatic carbocycles. The molecule has 1 aromatic heterocycles. The zero-order valence-corrected chi connectivity index (χ0v) is 17.7. The van der Waals surface area contributed by atoms with Crippen LogP contribution in [0.2, 0.25) is 0 Å². The van der Waals surface area contributed by atoms with E-state index in [-0.39, 0.29) is 5.75 Å². The number of benzene rings is 3. The van der Waals surface area contributed by atoms with E-state index < -0.39 is 9.84 Å². The minimum atomic E-state index is -3.41. The van der Waals surface area contributed by atoms with Crippen molar-refractivity contribution in [3.05, 3.63) is 102 Å². The first kappa shape index (κ1) is 19.7. The number of pyridine rings is 1. The van der Waals surface area contributed by atoms with Crippen LogP contribution in [0.15, 0.2) is 94.9 Å². The van der Waals surface area contributed by atoms with E-state index in [4.69, 9.17) is 4.98 Å². The molecule has 4 rings (SSSR count). The molecule has 0 unspecified atom stereocenters. The summed E-state index contributed by atoms with van der Waals surface area (Å²) in [5.74, 6) is 0.846. The third kappa shape index (κ3) is 4.69. The van der Waals surface area contributed by atoms with E-state index in [1.807, 2.05) is 67.6 Å². The number of sulfone groups is 1. The molecule has 0 fully saturated rings. The first-order valence-corrected chi connectivity index (χ1v) is 12.0. The van der Waals surface area contributed by atoms with Crippen LogP contribution in [0.1, 0.15) is 16.7 Å². The molecule has 0 saturated carbocycles. The number of nitrogens with zero attached hydrogens (tertiary/aromatic N) is 1. The van der Waals surface area contributed by atoms with Gasteiger partial charge in [0.1, 0.15) is 0 Å². The minimum absolute atomic E-state index is 0.00314. The quantitative estimate of drug-likeness (QED) is 0.370. The summed E-state index contributed by atoms with van der Waals surface area (Å²) in [6, 6.07) is 26.8. The lowest BCUT2D eigenvalue weighted by Crippen LogP contribution is -2.05. The molecule has 0 atom stereocenters. The predicted octanol–water partition coefficient (Wildman–Crippen LogP) is 5.81. The molecule has 0 amide bonds. The van der Waals surface area contributed by atoms with Gasteiger partial charge >= 0.3 is 0 Å². The van der Waals surface area contributed by atoms with E-state index in [2.05, 4.69) is 12.1 Å². The average Bonchev–Trinajstić information content (AvgIpc) is 2.73. The lowest BCUT2D eigenvalue weighted by Gasteiger charge is -2.10. The Balaban J connectivity index is 1.60. The third-order valence-corrected chi connectivity index (χ3v) is 7.42. The van der Waals surface area contributed by atoms with E-state index >= 15 is 0 Å². The smallest absolute Gasteiger partial charge is 0.182 e. The Hall–Kier alpha value is -2.63. The summed E-state index contributed by atoms with van der Waals surface area (Å²) in [4.78, 5) is 5.06. The Kier molecular flexibility index (Phi) is 5.69. The molecule has 0 saturated heterocycles. The molecule has 146 valence electrons.